The van der Waals surface area contributed by atoms with Crippen LogP contribution >= 0.6 is 11.6 Å². The normalized spacial score (nSPS) is 35.5. The van der Waals surface area contributed by atoms with Crippen LogP contribution in [0.1, 0.15) is 17.2 Å². The fourth-order valence-corrected chi connectivity index (χ4v) is 2.92. The predicted octanol–water partition coefficient (Wildman–Crippen LogP) is 1.07. The molecule has 2 aliphatic heterocycles. The van der Waals surface area contributed by atoms with E-state index in [0.717, 1.165) is 17.5 Å². The Bertz CT molecular complexity index is 451. The predicted molar refractivity (Wildman–Crippen MR) is 65.6 cm³/mol. The van der Waals surface area contributed by atoms with E-state index in [2.05, 4.69) is 0 Å². The van der Waals surface area contributed by atoms with E-state index in [0.29, 0.717) is 11.6 Å². The van der Waals surface area contributed by atoms with Crippen LogP contribution in [0.5, 0.6) is 0 Å². The zero-order chi connectivity index (χ0) is 12.7. The van der Waals surface area contributed by atoms with Crippen LogP contribution in [0.2, 0.25) is 5.02 Å². The second kappa shape index (κ2) is 4.79. The minimum Gasteiger partial charge on any atom is -0.388 e. The topological polar surface area (TPSA) is 58.9 Å². The molecule has 0 spiro atoms. The summed E-state index contributed by atoms with van der Waals surface area (Å²) in [5.41, 5.74) is 2.00. The molecule has 1 aromatic rings. The lowest BCUT2D eigenvalue weighted by Crippen LogP contribution is -2.37. The molecule has 1 saturated heterocycles. The molecule has 1 aromatic carbocycles. The minimum atomic E-state index is -0.917. The van der Waals surface area contributed by atoms with Gasteiger partial charge in [-0.2, -0.15) is 0 Å². The summed E-state index contributed by atoms with van der Waals surface area (Å²) in [5, 5.41) is 20.2. The zero-order valence-electron chi connectivity index (χ0n) is 9.75. The third kappa shape index (κ3) is 1.94. The van der Waals surface area contributed by atoms with Gasteiger partial charge in [-0.05, 0) is 23.6 Å². The number of aliphatic hydroxyl groups excluding tert-OH is 2. The zero-order valence-corrected chi connectivity index (χ0v) is 10.5. The summed E-state index contributed by atoms with van der Waals surface area (Å²) in [6.07, 6.45) is -1.89. The lowest BCUT2D eigenvalue weighted by molar-refractivity contribution is -0.0902. The van der Waals surface area contributed by atoms with Gasteiger partial charge in [-0.15, -0.1) is 0 Å². The van der Waals surface area contributed by atoms with Crippen molar-refractivity contribution in [3.8, 4) is 0 Å². The Morgan fingerprint density at radius 2 is 2.06 bits per heavy atom. The third-order valence-electron chi connectivity index (χ3n) is 3.60. The molecule has 18 heavy (non-hydrogen) atoms. The maximum absolute atomic E-state index is 9.92. The molecule has 4 nitrogen and oxygen atoms in total. The maximum Gasteiger partial charge on any atom is 0.116 e. The van der Waals surface area contributed by atoms with Gasteiger partial charge in [0.2, 0.25) is 0 Å². The van der Waals surface area contributed by atoms with Gasteiger partial charge in [0.05, 0.1) is 13.2 Å². The van der Waals surface area contributed by atoms with Crippen molar-refractivity contribution in [2.24, 2.45) is 0 Å². The highest BCUT2D eigenvalue weighted by molar-refractivity contribution is 6.31. The lowest BCUT2D eigenvalue weighted by Gasteiger charge is -2.31. The molecular weight excluding hydrogens is 256 g/mol. The van der Waals surface area contributed by atoms with Crippen molar-refractivity contribution < 1.29 is 19.7 Å². The Balaban J connectivity index is 1.94. The summed E-state index contributed by atoms with van der Waals surface area (Å²) < 4.78 is 11.2. The van der Waals surface area contributed by atoms with Crippen molar-refractivity contribution in [2.45, 2.75) is 30.8 Å². The highest BCUT2D eigenvalue weighted by Crippen LogP contribution is 2.37. The smallest absolute Gasteiger partial charge is 0.116 e. The molecule has 0 aromatic heterocycles. The van der Waals surface area contributed by atoms with Gasteiger partial charge in [-0.3, -0.25) is 0 Å². The molecule has 4 atom stereocenters. The van der Waals surface area contributed by atoms with E-state index >= 15 is 0 Å². The molecule has 1 fully saturated rings. The lowest BCUT2D eigenvalue weighted by atomic mass is 9.92. The van der Waals surface area contributed by atoms with Crippen LogP contribution in [0.3, 0.4) is 0 Å². The average Bonchev–Trinajstić information content (AvgIpc) is 2.70. The maximum atomic E-state index is 9.92. The van der Waals surface area contributed by atoms with Crippen LogP contribution in [0.25, 0.3) is 0 Å². The van der Waals surface area contributed by atoms with Gasteiger partial charge < -0.3 is 19.7 Å². The van der Waals surface area contributed by atoms with E-state index in [1.807, 2.05) is 18.2 Å². The van der Waals surface area contributed by atoms with Crippen LogP contribution in [-0.2, 0) is 15.9 Å². The van der Waals surface area contributed by atoms with E-state index in [1.165, 1.54) is 0 Å². The first kappa shape index (κ1) is 12.4. The summed E-state index contributed by atoms with van der Waals surface area (Å²) in [4.78, 5) is 0. The highest BCUT2D eigenvalue weighted by Gasteiger charge is 2.42. The molecular formula is C13H15ClO4. The molecule has 2 N–H and O–H groups in total. The standard InChI is InChI=1S/C13H15ClO4/c14-9-3-1-2-8-7(9)4-5-17-12(8)13-11(16)10(15)6-18-13/h1-3,10-13,15-16H,4-6H2/t10?,11?,12-,13?/m1/s1. The van der Waals surface area contributed by atoms with Gasteiger partial charge >= 0.3 is 0 Å². The molecule has 3 rings (SSSR count). The number of halogens is 1. The van der Waals surface area contributed by atoms with Gasteiger partial charge in [0.15, 0.2) is 0 Å². The van der Waals surface area contributed by atoms with E-state index < -0.39 is 18.3 Å². The molecule has 3 unspecified atom stereocenters. The molecule has 0 amide bonds. The largest absolute Gasteiger partial charge is 0.388 e. The van der Waals surface area contributed by atoms with Crippen molar-refractivity contribution in [1.82, 2.24) is 0 Å². The van der Waals surface area contributed by atoms with Crippen LogP contribution in [0.15, 0.2) is 18.2 Å². The summed E-state index contributed by atoms with van der Waals surface area (Å²) in [6.45, 7) is 0.686. The Hall–Kier alpha value is -0.650. The molecule has 0 radical (unpaired) electrons. The van der Waals surface area contributed by atoms with Crippen LogP contribution in [-0.4, -0.2) is 41.7 Å². The minimum absolute atomic E-state index is 0.140. The fourth-order valence-electron chi connectivity index (χ4n) is 2.65. The summed E-state index contributed by atoms with van der Waals surface area (Å²) in [6, 6.07) is 5.65. The van der Waals surface area contributed by atoms with Gasteiger partial charge in [0.1, 0.15) is 24.4 Å². The van der Waals surface area contributed by atoms with Crippen molar-refractivity contribution in [3.63, 3.8) is 0 Å². The van der Waals surface area contributed by atoms with Crippen molar-refractivity contribution in [1.29, 1.82) is 0 Å². The molecule has 0 aliphatic carbocycles. The van der Waals surface area contributed by atoms with Gasteiger partial charge in [0.25, 0.3) is 0 Å². The van der Waals surface area contributed by atoms with Gasteiger partial charge in [-0.25, -0.2) is 0 Å². The van der Waals surface area contributed by atoms with Crippen LogP contribution < -0.4 is 0 Å². The highest BCUT2D eigenvalue weighted by atomic mass is 35.5. The van der Waals surface area contributed by atoms with Crippen molar-refractivity contribution >= 4 is 11.6 Å². The number of rotatable bonds is 1. The Kier molecular flexibility index (Phi) is 3.30. The number of aliphatic hydroxyl groups is 2. The SMILES string of the molecule is OC1COC([C@@H]2OCCc3c(Cl)cccc32)C1O. The van der Waals surface area contributed by atoms with Gasteiger partial charge in [0, 0.05) is 5.02 Å². The summed E-state index contributed by atoms with van der Waals surface area (Å²) in [7, 11) is 0. The monoisotopic (exact) mass is 270 g/mol. The quantitative estimate of drug-likeness (QED) is 0.802. The number of benzene rings is 1. The average molecular weight is 271 g/mol. The third-order valence-corrected chi connectivity index (χ3v) is 3.95. The summed E-state index contributed by atoms with van der Waals surface area (Å²) >= 11 is 6.17. The van der Waals surface area contributed by atoms with E-state index in [9.17, 15) is 10.2 Å². The molecule has 0 bridgehead atoms. The number of hydrogen-bond donors (Lipinski definition) is 2. The molecule has 2 heterocycles. The first-order chi connectivity index (χ1) is 8.68. The number of ether oxygens (including phenoxy) is 2. The number of fused-ring (bicyclic) bond motifs is 1. The first-order valence-corrected chi connectivity index (χ1v) is 6.43. The molecule has 5 heteroatoms. The second-order valence-corrected chi connectivity index (χ2v) is 5.11. The Morgan fingerprint density at radius 3 is 2.78 bits per heavy atom. The van der Waals surface area contributed by atoms with E-state index in [1.54, 1.807) is 0 Å². The van der Waals surface area contributed by atoms with Crippen LogP contribution in [0, 0.1) is 0 Å². The molecule has 0 saturated carbocycles. The van der Waals surface area contributed by atoms with E-state index in [4.69, 9.17) is 21.1 Å². The second-order valence-electron chi connectivity index (χ2n) is 4.70. The van der Waals surface area contributed by atoms with Crippen molar-refractivity contribution in [2.75, 3.05) is 13.2 Å². The van der Waals surface area contributed by atoms with Gasteiger partial charge in [-0.1, -0.05) is 23.7 Å². The first-order valence-electron chi connectivity index (χ1n) is 6.05. The number of hydrogen-bond acceptors (Lipinski definition) is 4. The fraction of sp³-hybridized carbons (Fsp3) is 0.538. The Morgan fingerprint density at radius 1 is 1.22 bits per heavy atom. The molecule has 98 valence electrons. The van der Waals surface area contributed by atoms with Crippen molar-refractivity contribution in [3.05, 3.63) is 34.3 Å². The summed E-state index contributed by atoms with van der Waals surface area (Å²) in [5.74, 6) is 0. The van der Waals surface area contributed by atoms with E-state index in [-0.39, 0.29) is 12.7 Å². The Labute approximate surface area is 110 Å². The van der Waals surface area contributed by atoms with Crippen LogP contribution in [0.4, 0.5) is 0 Å². The molecule has 2 aliphatic rings.